The first-order chi connectivity index (χ1) is 8.24. The number of rotatable bonds is 3. The molecule has 0 aliphatic carbocycles. The Labute approximate surface area is 99.1 Å². The first-order valence-electron chi connectivity index (χ1n) is 5.23. The van der Waals surface area contributed by atoms with Crippen LogP contribution in [0.4, 0.5) is 4.39 Å². The van der Waals surface area contributed by atoms with Gasteiger partial charge in [0.2, 0.25) is 5.88 Å². The molecule has 0 spiro atoms. The van der Waals surface area contributed by atoms with E-state index in [1.54, 1.807) is 25.4 Å². The van der Waals surface area contributed by atoms with Crippen molar-refractivity contribution in [1.29, 1.82) is 0 Å². The molecule has 3 nitrogen and oxygen atoms in total. The predicted octanol–water partition coefficient (Wildman–Crippen LogP) is 2.35. The van der Waals surface area contributed by atoms with Crippen LogP contribution in [0.3, 0.4) is 0 Å². The maximum Gasteiger partial charge on any atom is 0.212 e. The molecule has 1 heterocycles. The molecule has 0 fully saturated rings. The van der Waals surface area contributed by atoms with Crippen LogP contribution in [0.1, 0.15) is 5.56 Å². The Hall–Kier alpha value is -1.94. The van der Waals surface area contributed by atoms with Gasteiger partial charge in [0, 0.05) is 24.4 Å². The fourth-order valence-corrected chi connectivity index (χ4v) is 1.67. The summed E-state index contributed by atoms with van der Waals surface area (Å²) >= 11 is 0. The number of hydrogen-bond donors (Lipinski definition) is 1. The van der Waals surface area contributed by atoms with Crippen molar-refractivity contribution < 1.29 is 9.13 Å². The molecule has 0 saturated heterocycles. The van der Waals surface area contributed by atoms with Crippen molar-refractivity contribution in [2.45, 2.75) is 6.54 Å². The number of hydrogen-bond acceptors (Lipinski definition) is 3. The van der Waals surface area contributed by atoms with Crippen LogP contribution in [0, 0.1) is 5.82 Å². The van der Waals surface area contributed by atoms with Crippen molar-refractivity contribution in [3.8, 4) is 17.0 Å². The third-order valence-corrected chi connectivity index (χ3v) is 2.54. The zero-order valence-corrected chi connectivity index (χ0v) is 9.48. The maximum absolute atomic E-state index is 13.1. The lowest BCUT2D eigenvalue weighted by Gasteiger charge is -2.08. The van der Waals surface area contributed by atoms with E-state index < -0.39 is 0 Å². The van der Waals surface area contributed by atoms with E-state index in [0.29, 0.717) is 12.4 Å². The molecule has 2 N–H and O–H groups in total. The van der Waals surface area contributed by atoms with E-state index in [1.807, 2.05) is 6.07 Å². The number of halogens is 1. The van der Waals surface area contributed by atoms with Gasteiger partial charge < -0.3 is 10.5 Å². The Kier molecular flexibility index (Phi) is 3.35. The van der Waals surface area contributed by atoms with Crippen LogP contribution >= 0.6 is 0 Å². The van der Waals surface area contributed by atoms with Gasteiger partial charge in [0.25, 0.3) is 0 Å². The summed E-state index contributed by atoms with van der Waals surface area (Å²) in [4.78, 5) is 4.11. The highest BCUT2D eigenvalue weighted by Crippen LogP contribution is 2.24. The molecule has 0 aliphatic heterocycles. The van der Waals surface area contributed by atoms with Crippen LogP contribution in [-0.2, 0) is 6.54 Å². The molecule has 0 amide bonds. The number of aromatic nitrogens is 1. The molecular formula is C13H13FN2O. The third kappa shape index (κ3) is 2.42. The van der Waals surface area contributed by atoms with Crippen molar-refractivity contribution in [3.63, 3.8) is 0 Å². The van der Waals surface area contributed by atoms with E-state index in [-0.39, 0.29) is 5.82 Å². The fourth-order valence-electron chi connectivity index (χ4n) is 1.67. The number of nitrogens with two attached hydrogens (primary N) is 1. The minimum Gasteiger partial charge on any atom is -0.481 e. The molecule has 17 heavy (non-hydrogen) atoms. The van der Waals surface area contributed by atoms with E-state index in [9.17, 15) is 4.39 Å². The molecule has 2 aromatic rings. The van der Waals surface area contributed by atoms with Gasteiger partial charge >= 0.3 is 0 Å². The largest absolute Gasteiger partial charge is 0.481 e. The van der Waals surface area contributed by atoms with Crippen LogP contribution in [0.2, 0.25) is 0 Å². The molecule has 0 atom stereocenters. The van der Waals surface area contributed by atoms with Gasteiger partial charge in [-0.15, -0.1) is 0 Å². The van der Waals surface area contributed by atoms with Gasteiger partial charge in [0.15, 0.2) is 0 Å². The van der Waals surface area contributed by atoms with E-state index in [1.165, 1.54) is 12.1 Å². The highest BCUT2D eigenvalue weighted by atomic mass is 19.1. The van der Waals surface area contributed by atoms with E-state index in [2.05, 4.69) is 4.98 Å². The summed E-state index contributed by atoms with van der Waals surface area (Å²) in [5.74, 6) is 0.265. The zero-order chi connectivity index (χ0) is 12.3. The summed E-state index contributed by atoms with van der Waals surface area (Å²) in [6, 6.07) is 8.20. The summed E-state index contributed by atoms with van der Waals surface area (Å²) in [7, 11) is 1.56. The van der Waals surface area contributed by atoms with Crippen LogP contribution in [0.15, 0.2) is 36.5 Å². The van der Waals surface area contributed by atoms with Gasteiger partial charge in [-0.2, -0.15) is 0 Å². The molecule has 0 saturated carbocycles. The van der Waals surface area contributed by atoms with E-state index in [4.69, 9.17) is 10.5 Å². The Morgan fingerprint density at radius 1 is 1.29 bits per heavy atom. The van der Waals surface area contributed by atoms with Gasteiger partial charge in [0.05, 0.1) is 7.11 Å². The molecule has 2 rings (SSSR count). The van der Waals surface area contributed by atoms with Crippen molar-refractivity contribution in [2.75, 3.05) is 7.11 Å². The number of methoxy groups -OCH3 is 1. The highest BCUT2D eigenvalue weighted by molar-refractivity contribution is 5.66. The average molecular weight is 232 g/mol. The maximum atomic E-state index is 13.1. The number of nitrogens with zero attached hydrogens (tertiary/aromatic N) is 1. The van der Waals surface area contributed by atoms with Crippen LogP contribution in [0.5, 0.6) is 5.88 Å². The quantitative estimate of drug-likeness (QED) is 0.883. The van der Waals surface area contributed by atoms with Gasteiger partial charge in [0.1, 0.15) is 5.82 Å². The summed E-state index contributed by atoms with van der Waals surface area (Å²) in [5.41, 5.74) is 8.15. The molecule has 0 aliphatic rings. The van der Waals surface area contributed by atoms with Crippen molar-refractivity contribution in [2.24, 2.45) is 5.73 Å². The second-order valence-corrected chi connectivity index (χ2v) is 3.59. The monoisotopic (exact) mass is 232 g/mol. The van der Waals surface area contributed by atoms with Crippen molar-refractivity contribution >= 4 is 0 Å². The highest BCUT2D eigenvalue weighted by Gasteiger charge is 2.06. The Balaban J connectivity index is 2.44. The van der Waals surface area contributed by atoms with Gasteiger partial charge in [-0.3, -0.25) is 0 Å². The average Bonchev–Trinajstić information content (AvgIpc) is 2.39. The van der Waals surface area contributed by atoms with E-state index in [0.717, 1.165) is 16.7 Å². The van der Waals surface area contributed by atoms with Gasteiger partial charge in [-0.25, -0.2) is 9.37 Å². The normalized spacial score (nSPS) is 10.3. The molecular weight excluding hydrogens is 219 g/mol. The second kappa shape index (κ2) is 4.93. The lowest BCUT2D eigenvalue weighted by Crippen LogP contribution is -2.00. The van der Waals surface area contributed by atoms with Crippen LogP contribution in [-0.4, -0.2) is 12.1 Å². The minimum atomic E-state index is -0.282. The zero-order valence-electron chi connectivity index (χ0n) is 9.48. The lowest BCUT2D eigenvalue weighted by atomic mass is 10.0. The first-order valence-corrected chi connectivity index (χ1v) is 5.23. The number of pyridine rings is 1. The molecule has 88 valence electrons. The summed E-state index contributed by atoms with van der Waals surface area (Å²) in [6.07, 6.45) is 1.69. The van der Waals surface area contributed by atoms with Crippen molar-refractivity contribution in [3.05, 3.63) is 47.9 Å². The van der Waals surface area contributed by atoms with Crippen LogP contribution in [0.25, 0.3) is 11.1 Å². The summed E-state index contributed by atoms with van der Waals surface area (Å²) in [5, 5.41) is 0. The lowest BCUT2D eigenvalue weighted by molar-refractivity contribution is 0.398. The topological polar surface area (TPSA) is 48.1 Å². The number of ether oxygens (including phenoxy) is 1. The standard InChI is InChI=1S/C13H13FN2O/c1-17-13-5-2-9(8-16-13)12-4-3-11(14)6-10(12)7-15/h2-6,8H,7,15H2,1H3. The molecule has 1 aromatic heterocycles. The SMILES string of the molecule is COc1ccc(-c2ccc(F)cc2CN)cn1. The van der Waals surface area contributed by atoms with Gasteiger partial charge in [-0.1, -0.05) is 6.07 Å². The fraction of sp³-hybridized carbons (Fsp3) is 0.154. The predicted molar refractivity (Wildman–Crippen MR) is 64.1 cm³/mol. The smallest absolute Gasteiger partial charge is 0.212 e. The Bertz CT molecular complexity index is 511. The second-order valence-electron chi connectivity index (χ2n) is 3.59. The molecule has 1 aromatic carbocycles. The summed E-state index contributed by atoms with van der Waals surface area (Å²) < 4.78 is 18.1. The first kappa shape index (κ1) is 11.5. The van der Waals surface area contributed by atoms with Crippen molar-refractivity contribution in [1.82, 2.24) is 4.98 Å². The molecule has 0 radical (unpaired) electrons. The Morgan fingerprint density at radius 2 is 2.12 bits per heavy atom. The van der Waals surface area contributed by atoms with E-state index >= 15 is 0 Å². The molecule has 0 unspecified atom stereocenters. The Morgan fingerprint density at radius 3 is 2.71 bits per heavy atom. The summed E-state index contributed by atoms with van der Waals surface area (Å²) in [6.45, 7) is 0.291. The third-order valence-electron chi connectivity index (χ3n) is 2.54. The molecule has 0 bridgehead atoms. The molecule has 4 heteroatoms. The van der Waals surface area contributed by atoms with Crippen LogP contribution < -0.4 is 10.5 Å². The minimum absolute atomic E-state index is 0.282. The van der Waals surface area contributed by atoms with Gasteiger partial charge in [-0.05, 0) is 29.3 Å². The number of benzene rings is 1.